The SMILES string of the molecule is CCC(C)C(NC(=O)N1CCc2ccccc21)C(=O)O. The van der Waals surface area contributed by atoms with Gasteiger partial charge in [-0.2, -0.15) is 0 Å². The Hall–Kier alpha value is -2.04. The van der Waals surface area contributed by atoms with Crippen molar-refractivity contribution in [3.8, 4) is 0 Å². The molecule has 0 radical (unpaired) electrons. The van der Waals surface area contributed by atoms with Crippen molar-refractivity contribution in [2.45, 2.75) is 32.7 Å². The maximum absolute atomic E-state index is 12.3. The first-order valence-corrected chi connectivity index (χ1v) is 6.93. The van der Waals surface area contributed by atoms with Crippen LogP contribution in [0, 0.1) is 5.92 Å². The van der Waals surface area contributed by atoms with Gasteiger partial charge in [-0.15, -0.1) is 0 Å². The number of fused-ring (bicyclic) bond motifs is 1. The summed E-state index contributed by atoms with van der Waals surface area (Å²) in [4.78, 5) is 25.2. The van der Waals surface area contributed by atoms with Crippen molar-refractivity contribution in [1.29, 1.82) is 0 Å². The fraction of sp³-hybridized carbons (Fsp3) is 0.467. The van der Waals surface area contributed by atoms with E-state index in [9.17, 15) is 14.7 Å². The molecule has 1 aliphatic heterocycles. The van der Waals surface area contributed by atoms with Gasteiger partial charge in [0, 0.05) is 12.2 Å². The number of nitrogens with zero attached hydrogens (tertiary/aromatic N) is 1. The Kier molecular flexibility index (Phi) is 4.27. The van der Waals surface area contributed by atoms with E-state index in [4.69, 9.17) is 0 Å². The molecule has 0 spiro atoms. The number of carboxylic acids is 1. The zero-order chi connectivity index (χ0) is 14.7. The van der Waals surface area contributed by atoms with Crippen molar-refractivity contribution in [3.05, 3.63) is 29.8 Å². The molecule has 0 bridgehead atoms. The van der Waals surface area contributed by atoms with Crippen LogP contribution >= 0.6 is 0 Å². The number of benzene rings is 1. The number of carbonyl (C=O) groups excluding carboxylic acids is 1. The molecule has 1 heterocycles. The summed E-state index contributed by atoms with van der Waals surface area (Å²) in [6.45, 7) is 4.34. The Morgan fingerprint density at radius 3 is 2.75 bits per heavy atom. The lowest BCUT2D eigenvalue weighted by Gasteiger charge is -2.24. The van der Waals surface area contributed by atoms with Crippen molar-refractivity contribution < 1.29 is 14.7 Å². The van der Waals surface area contributed by atoms with Gasteiger partial charge in [0.25, 0.3) is 0 Å². The van der Waals surface area contributed by atoms with Gasteiger partial charge in [-0.3, -0.25) is 4.90 Å². The number of hydrogen-bond donors (Lipinski definition) is 2. The van der Waals surface area contributed by atoms with Gasteiger partial charge >= 0.3 is 12.0 Å². The Morgan fingerprint density at radius 1 is 1.40 bits per heavy atom. The van der Waals surface area contributed by atoms with E-state index in [1.165, 1.54) is 0 Å². The van der Waals surface area contributed by atoms with Gasteiger partial charge in [0.2, 0.25) is 0 Å². The minimum absolute atomic E-state index is 0.103. The first-order chi connectivity index (χ1) is 9.54. The molecule has 2 amide bonds. The number of nitrogens with one attached hydrogen (secondary N) is 1. The van der Waals surface area contributed by atoms with E-state index in [2.05, 4.69) is 5.32 Å². The maximum Gasteiger partial charge on any atom is 0.326 e. The summed E-state index contributed by atoms with van der Waals surface area (Å²) < 4.78 is 0. The van der Waals surface area contributed by atoms with E-state index >= 15 is 0 Å². The van der Waals surface area contributed by atoms with Crippen LogP contribution in [0.2, 0.25) is 0 Å². The summed E-state index contributed by atoms with van der Waals surface area (Å²) >= 11 is 0. The zero-order valence-electron chi connectivity index (χ0n) is 11.8. The predicted octanol–water partition coefficient (Wildman–Crippen LogP) is 2.26. The Bertz CT molecular complexity index is 516. The fourth-order valence-electron chi connectivity index (χ4n) is 2.44. The molecule has 0 saturated carbocycles. The van der Waals surface area contributed by atoms with Crippen molar-refractivity contribution in [3.63, 3.8) is 0 Å². The first-order valence-electron chi connectivity index (χ1n) is 6.93. The van der Waals surface area contributed by atoms with E-state index in [-0.39, 0.29) is 11.9 Å². The largest absolute Gasteiger partial charge is 0.480 e. The normalized spacial score (nSPS) is 16.4. The van der Waals surface area contributed by atoms with Crippen LogP contribution in [0.4, 0.5) is 10.5 Å². The van der Waals surface area contributed by atoms with Gasteiger partial charge in [0.1, 0.15) is 6.04 Å². The van der Waals surface area contributed by atoms with E-state index < -0.39 is 12.0 Å². The molecule has 0 fully saturated rings. The van der Waals surface area contributed by atoms with Gasteiger partial charge in [0.05, 0.1) is 0 Å². The lowest BCUT2D eigenvalue weighted by Crippen LogP contribution is -2.50. The number of anilines is 1. The Balaban J connectivity index is 2.11. The van der Waals surface area contributed by atoms with Crippen LogP contribution in [0.1, 0.15) is 25.8 Å². The fourth-order valence-corrected chi connectivity index (χ4v) is 2.44. The molecule has 1 aromatic carbocycles. The number of hydrogen-bond acceptors (Lipinski definition) is 2. The molecule has 1 aliphatic rings. The minimum atomic E-state index is -0.986. The molecule has 1 aromatic rings. The Labute approximate surface area is 118 Å². The predicted molar refractivity (Wildman–Crippen MR) is 76.9 cm³/mol. The minimum Gasteiger partial charge on any atom is -0.480 e. The molecule has 2 N–H and O–H groups in total. The number of amides is 2. The highest BCUT2D eigenvalue weighted by atomic mass is 16.4. The van der Waals surface area contributed by atoms with E-state index in [0.29, 0.717) is 13.0 Å². The van der Waals surface area contributed by atoms with Gasteiger partial charge in [0.15, 0.2) is 0 Å². The summed E-state index contributed by atoms with van der Waals surface area (Å²) in [5.41, 5.74) is 2.00. The lowest BCUT2D eigenvalue weighted by atomic mass is 9.99. The highest BCUT2D eigenvalue weighted by Crippen LogP contribution is 2.27. The highest BCUT2D eigenvalue weighted by Gasteiger charge is 2.30. The van der Waals surface area contributed by atoms with Crippen LogP contribution < -0.4 is 10.2 Å². The second kappa shape index (κ2) is 5.94. The van der Waals surface area contributed by atoms with Crippen LogP contribution in [-0.4, -0.2) is 29.7 Å². The van der Waals surface area contributed by atoms with Gasteiger partial charge in [-0.25, -0.2) is 9.59 Å². The van der Waals surface area contributed by atoms with Crippen LogP contribution in [0.3, 0.4) is 0 Å². The van der Waals surface area contributed by atoms with Crippen molar-refractivity contribution in [2.24, 2.45) is 5.92 Å². The van der Waals surface area contributed by atoms with E-state index in [1.54, 1.807) is 4.90 Å². The third-order valence-corrected chi connectivity index (χ3v) is 3.89. The van der Waals surface area contributed by atoms with Gasteiger partial charge in [-0.1, -0.05) is 38.5 Å². The van der Waals surface area contributed by atoms with E-state index in [0.717, 1.165) is 17.7 Å². The first kappa shape index (κ1) is 14.4. The third kappa shape index (κ3) is 2.76. The van der Waals surface area contributed by atoms with E-state index in [1.807, 2.05) is 38.1 Å². The second-order valence-electron chi connectivity index (χ2n) is 5.18. The zero-order valence-corrected chi connectivity index (χ0v) is 11.8. The molecular formula is C15H20N2O3. The van der Waals surface area contributed by atoms with Crippen molar-refractivity contribution >= 4 is 17.7 Å². The van der Waals surface area contributed by atoms with Crippen LogP contribution in [-0.2, 0) is 11.2 Å². The number of para-hydroxylation sites is 1. The molecular weight excluding hydrogens is 256 g/mol. The lowest BCUT2D eigenvalue weighted by molar-refractivity contribution is -0.140. The second-order valence-corrected chi connectivity index (χ2v) is 5.18. The third-order valence-electron chi connectivity index (χ3n) is 3.89. The number of rotatable bonds is 4. The van der Waals surface area contributed by atoms with Crippen molar-refractivity contribution in [1.82, 2.24) is 5.32 Å². The van der Waals surface area contributed by atoms with Crippen LogP contribution in [0.25, 0.3) is 0 Å². The van der Waals surface area contributed by atoms with Crippen molar-refractivity contribution in [2.75, 3.05) is 11.4 Å². The molecule has 0 saturated heterocycles. The number of carbonyl (C=O) groups is 2. The molecule has 5 heteroatoms. The smallest absolute Gasteiger partial charge is 0.326 e. The number of urea groups is 1. The summed E-state index contributed by atoms with van der Waals surface area (Å²) in [5.74, 6) is -1.09. The van der Waals surface area contributed by atoms with Gasteiger partial charge in [-0.05, 0) is 24.0 Å². The average Bonchev–Trinajstić information content (AvgIpc) is 2.87. The quantitative estimate of drug-likeness (QED) is 0.886. The summed E-state index contributed by atoms with van der Waals surface area (Å²) in [5, 5.41) is 11.9. The topological polar surface area (TPSA) is 69.6 Å². The maximum atomic E-state index is 12.3. The molecule has 2 unspecified atom stereocenters. The average molecular weight is 276 g/mol. The highest BCUT2D eigenvalue weighted by molar-refractivity contribution is 5.96. The molecule has 0 aliphatic carbocycles. The monoisotopic (exact) mass is 276 g/mol. The molecule has 0 aromatic heterocycles. The van der Waals surface area contributed by atoms with Gasteiger partial charge < -0.3 is 10.4 Å². The molecule has 108 valence electrons. The molecule has 2 rings (SSSR count). The van der Waals surface area contributed by atoms with Crippen LogP contribution in [0.15, 0.2) is 24.3 Å². The summed E-state index contributed by atoms with van der Waals surface area (Å²) in [6.07, 6.45) is 1.51. The summed E-state index contributed by atoms with van der Waals surface area (Å²) in [7, 11) is 0. The molecule has 2 atom stereocenters. The molecule has 5 nitrogen and oxygen atoms in total. The summed E-state index contributed by atoms with van der Waals surface area (Å²) in [6, 6.07) is 6.53. The molecule has 20 heavy (non-hydrogen) atoms. The van der Waals surface area contributed by atoms with Crippen LogP contribution in [0.5, 0.6) is 0 Å². The Morgan fingerprint density at radius 2 is 2.10 bits per heavy atom. The standard InChI is InChI=1S/C15H20N2O3/c1-3-10(2)13(14(18)19)16-15(20)17-9-8-11-6-4-5-7-12(11)17/h4-7,10,13H,3,8-9H2,1-2H3,(H,16,20)(H,18,19). The number of carboxylic acid groups (broad SMARTS) is 1. The number of aliphatic carboxylic acids is 1.